The molecule has 54 heavy (non-hydrogen) atoms. The third-order valence-electron chi connectivity index (χ3n) is 11.6. The second-order valence-electron chi connectivity index (χ2n) is 15.9. The van der Waals surface area contributed by atoms with Gasteiger partial charge in [0.15, 0.2) is 6.29 Å². The zero-order valence-electron chi connectivity index (χ0n) is 34.2. The number of halogens is 1. The Hall–Kier alpha value is -2.36. The molecule has 3 N–H and O–H groups in total. The van der Waals surface area contributed by atoms with E-state index in [9.17, 15) is 24.6 Å². The monoisotopic (exact) mass is 784 g/mol. The Morgan fingerprint density at radius 1 is 1.06 bits per heavy atom. The van der Waals surface area contributed by atoms with Gasteiger partial charge in [0.05, 0.1) is 29.8 Å². The van der Waals surface area contributed by atoms with Crippen LogP contribution in [-0.2, 0) is 44.4 Å². The normalized spacial score (nSPS) is 38.7. The first-order valence-electron chi connectivity index (χ1n) is 19.1. The van der Waals surface area contributed by atoms with E-state index >= 15 is 0 Å². The molecule has 0 spiro atoms. The number of benzene rings is 1. The molecule has 2 aliphatic heterocycles. The molecular formula is C40H65ClN2O11. The quantitative estimate of drug-likeness (QED) is 0.279. The topological polar surface area (TPSA) is 162 Å². The highest BCUT2D eigenvalue weighted by atomic mass is 35.5. The van der Waals surface area contributed by atoms with Crippen LogP contribution in [0, 0.1) is 23.7 Å². The maximum Gasteiger partial charge on any atom is 0.407 e. The molecule has 0 aliphatic carbocycles. The predicted octanol–water partition coefficient (Wildman–Crippen LogP) is 4.80. The minimum atomic E-state index is -1.76. The molecular weight excluding hydrogens is 720 g/mol. The van der Waals surface area contributed by atoms with Crippen molar-refractivity contribution in [2.24, 2.45) is 23.7 Å². The summed E-state index contributed by atoms with van der Waals surface area (Å²) in [5, 5.41) is 26.8. The van der Waals surface area contributed by atoms with Crippen LogP contribution in [0.25, 0.3) is 0 Å². The van der Waals surface area contributed by atoms with Gasteiger partial charge in [-0.15, -0.1) is 0 Å². The SMILES string of the molecule is CC[C@H]1OC(=O)[C@H](C)[C@@H](OC(=O)NCCc2ccccc2Cl)[C@H](C)[C@@H](O[C@@H]2O[C@H](C)C[C@H](N(C)C)[C@H]2O)[C@](C)(OC)C[C@@H](C)C(=O)[C@H](C)[C@@H](OC)[C@]1(C)O. The molecule has 2 saturated heterocycles. The molecule has 0 aromatic heterocycles. The van der Waals surface area contributed by atoms with Gasteiger partial charge in [-0.1, -0.05) is 57.5 Å². The number of Topliss-reactive ketones (excluding diaryl/α,β-unsaturated/α-hetero) is 1. The van der Waals surface area contributed by atoms with Gasteiger partial charge in [-0.05, 0) is 79.1 Å². The van der Waals surface area contributed by atoms with Crippen molar-refractivity contribution in [3.8, 4) is 0 Å². The molecule has 1 aromatic rings. The van der Waals surface area contributed by atoms with Gasteiger partial charge >= 0.3 is 12.1 Å². The van der Waals surface area contributed by atoms with Crippen molar-refractivity contribution in [3.05, 3.63) is 34.9 Å². The fraction of sp³-hybridized carbons (Fsp3) is 0.775. The maximum atomic E-state index is 14.2. The fourth-order valence-electron chi connectivity index (χ4n) is 8.38. The number of alkyl carbamates (subject to hydrolysis) is 1. The first-order chi connectivity index (χ1) is 25.2. The summed E-state index contributed by atoms with van der Waals surface area (Å²) in [6.07, 6.45) is -6.23. The molecule has 1 amide bonds. The number of hydrogen-bond acceptors (Lipinski definition) is 12. The number of ether oxygens (including phenoxy) is 6. The Bertz CT molecular complexity index is 1400. The van der Waals surface area contributed by atoms with Gasteiger partial charge in [0.25, 0.3) is 0 Å². The summed E-state index contributed by atoms with van der Waals surface area (Å²) in [6, 6.07) is 7.02. The van der Waals surface area contributed by atoms with Gasteiger partial charge in [0.2, 0.25) is 0 Å². The molecule has 0 bridgehead atoms. The van der Waals surface area contributed by atoms with E-state index in [1.54, 1.807) is 47.6 Å². The lowest BCUT2D eigenvalue weighted by atomic mass is 9.73. The summed E-state index contributed by atoms with van der Waals surface area (Å²) in [4.78, 5) is 43.8. The van der Waals surface area contributed by atoms with Crippen molar-refractivity contribution < 1.29 is 53.0 Å². The Labute approximate surface area is 326 Å². The molecule has 2 heterocycles. The number of hydrogen-bond donors (Lipinski definition) is 3. The van der Waals surface area contributed by atoms with Gasteiger partial charge in [-0.25, -0.2) is 4.79 Å². The molecule has 0 radical (unpaired) electrons. The molecule has 14 atom stereocenters. The Morgan fingerprint density at radius 3 is 2.28 bits per heavy atom. The summed E-state index contributed by atoms with van der Waals surface area (Å²) in [5.41, 5.74) is -2.19. The lowest BCUT2D eigenvalue weighted by Crippen LogP contribution is -2.61. The number of rotatable bonds is 10. The molecule has 3 rings (SSSR count). The lowest BCUT2D eigenvalue weighted by Gasteiger charge is -2.48. The number of cyclic esters (lactones) is 1. The summed E-state index contributed by atoms with van der Waals surface area (Å²) in [7, 11) is 6.65. The summed E-state index contributed by atoms with van der Waals surface area (Å²) in [5.74, 6) is -4.29. The molecule has 2 fully saturated rings. The number of carbonyl (C=O) groups is 3. The predicted molar refractivity (Wildman–Crippen MR) is 204 cm³/mol. The van der Waals surface area contributed by atoms with E-state index in [0.717, 1.165) is 5.56 Å². The van der Waals surface area contributed by atoms with E-state index in [4.69, 9.17) is 40.0 Å². The molecule has 13 nitrogen and oxygen atoms in total. The van der Waals surface area contributed by atoms with E-state index in [1.165, 1.54) is 21.1 Å². The Kier molecular flexibility index (Phi) is 16.8. The minimum Gasteiger partial charge on any atom is -0.459 e. The highest BCUT2D eigenvalue weighted by molar-refractivity contribution is 6.31. The van der Waals surface area contributed by atoms with Crippen LogP contribution < -0.4 is 5.32 Å². The van der Waals surface area contributed by atoms with Gasteiger partial charge in [0, 0.05) is 49.6 Å². The van der Waals surface area contributed by atoms with Crippen molar-refractivity contribution in [2.45, 2.75) is 141 Å². The second kappa shape index (κ2) is 19.7. The van der Waals surface area contributed by atoms with Crippen molar-refractivity contribution in [1.82, 2.24) is 10.2 Å². The summed E-state index contributed by atoms with van der Waals surface area (Å²) in [6.45, 7) is 14.0. The van der Waals surface area contributed by atoms with Crippen LogP contribution in [0.3, 0.4) is 0 Å². The summed E-state index contributed by atoms with van der Waals surface area (Å²) >= 11 is 6.33. The first-order valence-corrected chi connectivity index (χ1v) is 19.5. The number of likely N-dealkylation sites (N-methyl/N-ethyl adjacent to an activating group) is 1. The third kappa shape index (κ3) is 10.7. The number of amides is 1. The van der Waals surface area contributed by atoms with Crippen molar-refractivity contribution in [2.75, 3.05) is 34.9 Å². The number of methoxy groups -OCH3 is 2. The van der Waals surface area contributed by atoms with Crippen molar-refractivity contribution in [1.29, 1.82) is 0 Å². The van der Waals surface area contributed by atoms with Crippen molar-refractivity contribution >= 4 is 29.4 Å². The van der Waals surface area contributed by atoms with E-state index in [0.29, 0.717) is 17.9 Å². The number of ketones is 1. The van der Waals surface area contributed by atoms with E-state index in [2.05, 4.69) is 5.32 Å². The largest absolute Gasteiger partial charge is 0.459 e. The van der Waals surface area contributed by atoms with Crippen LogP contribution in [0.15, 0.2) is 24.3 Å². The van der Waals surface area contributed by atoms with Crippen LogP contribution in [0.4, 0.5) is 4.79 Å². The summed E-state index contributed by atoms with van der Waals surface area (Å²) < 4.78 is 37.1. The highest BCUT2D eigenvalue weighted by Gasteiger charge is 2.53. The molecule has 2 aliphatic rings. The molecule has 308 valence electrons. The molecule has 0 unspecified atom stereocenters. The molecule has 0 saturated carbocycles. The average molecular weight is 785 g/mol. The minimum absolute atomic E-state index is 0.128. The standard InChI is InChI=1S/C40H65ClN2O11/c1-13-30-40(8,48)35(49-11)24(4)31(44)22(2)21-39(7,50-12)34(54-37-32(45)29(43(9)10)20-23(3)51-37)25(5)33(26(6)36(46)52-30)53-38(47)42-19-18-27-16-14-15-17-28(27)41/h14-17,22-26,29-30,32-35,37,45,48H,13,18-21H2,1-12H3,(H,42,47)/t22-,23-,24+,25+,26-,29+,30-,32-,33+,34-,35-,37+,39-,40-/m1/s1. The van der Waals surface area contributed by atoms with Gasteiger partial charge < -0.3 is 48.9 Å². The van der Waals surface area contributed by atoms with E-state index in [-0.39, 0.29) is 37.3 Å². The zero-order chi connectivity index (χ0) is 40.7. The van der Waals surface area contributed by atoms with Crippen LogP contribution in [0.5, 0.6) is 0 Å². The van der Waals surface area contributed by atoms with Gasteiger partial charge in [0.1, 0.15) is 29.7 Å². The number of nitrogens with zero attached hydrogens (tertiary/aromatic N) is 1. The van der Waals surface area contributed by atoms with Crippen LogP contribution >= 0.6 is 11.6 Å². The second-order valence-corrected chi connectivity index (χ2v) is 16.4. The smallest absolute Gasteiger partial charge is 0.407 e. The first kappa shape index (κ1) is 46.0. The fourth-order valence-corrected chi connectivity index (χ4v) is 8.61. The number of nitrogens with one attached hydrogen (secondary N) is 1. The van der Waals surface area contributed by atoms with Crippen LogP contribution in [0.2, 0.25) is 5.02 Å². The Morgan fingerprint density at radius 2 is 1.70 bits per heavy atom. The van der Waals surface area contributed by atoms with Gasteiger partial charge in [-0.3, -0.25) is 9.59 Å². The maximum absolute atomic E-state index is 14.2. The van der Waals surface area contributed by atoms with E-state index < -0.39 is 83.7 Å². The Balaban J connectivity index is 2.14. The zero-order valence-corrected chi connectivity index (χ0v) is 34.9. The highest BCUT2D eigenvalue weighted by Crippen LogP contribution is 2.40. The number of carbonyl (C=O) groups excluding carboxylic acids is 3. The third-order valence-corrected chi connectivity index (χ3v) is 11.9. The average Bonchev–Trinajstić information content (AvgIpc) is 3.12. The number of aliphatic hydroxyl groups excluding tert-OH is 1. The molecule has 1 aromatic carbocycles. The number of aliphatic hydroxyl groups is 2. The van der Waals surface area contributed by atoms with E-state index in [1.807, 2.05) is 44.1 Å². The number of esters is 1. The van der Waals surface area contributed by atoms with Crippen LogP contribution in [0.1, 0.15) is 80.2 Å². The van der Waals surface area contributed by atoms with Crippen molar-refractivity contribution in [3.63, 3.8) is 0 Å². The van der Waals surface area contributed by atoms with Gasteiger partial charge in [-0.2, -0.15) is 0 Å². The lowest BCUT2D eigenvalue weighted by molar-refractivity contribution is -0.301. The molecule has 14 heteroatoms. The van der Waals surface area contributed by atoms with Crippen LogP contribution in [-0.4, -0.2) is 128 Å².